The van der Waals surface area contributed by atoms with Crippen molar-refractivity contribution in [1.82, 2.24) is 14.1 Å². The van der Waals surface area contributed by atoms with Crippen LogP contribution >= 0.6 is 11.7 Å². The molecule has 0 spiro atoms. The fourth-order valence-electron chi connectivity index (χ4n) is 1.92. The average molecular weight is 301 g/mol. The van der Waals surface area contributed by atoms with E-state index in [1.807, 2.05) is 6.92 Å². The quantitative estimate of drug-likeness (QED) is 0.919. The zero-order valence-electron chi connectivity index (χ0n) is 10.8. The van der Waals surface area contributed by atoms with Crippen molar-refractivity contribution in [3.63, 3.8) is 0 Å². The third kappa shape index (κ3) is 3.77. The van der Waals surface area contributed by atoms with Crippen LogP contribution in [0.25, 0.3) is 0 Å². The molecule has 7 heteroatoms. The summed E-state index contributed by atoms with van der Waals surface area (Å²) in [5.41, 5.74) is 1.02. The highest BCUT2D eigenvalue weighted by atomic mass is 32.1. The van der Waals surface area contributed by atoms with Gasteiger partial charge in [-0.1, -0.05) is 19.1 Å². The monoisotopic (exact) mass is 301 g/mol. The van der Waals surface area contributed by atoms with Crippen LogP contribution in [0.5, 0.6) is 0 Å². The molecule has 2 rings (SSSR count). The Hall–Kier alpha value is -1.47. The maximum atomic E-state index is 12.5. The first-order valence-corrected chi connectivity index (χ1v) is 6.90. The van der Waals surface area contributed by atoms with E-state index in [1.165, 1.54) is 12.1 Å². The van der Waals surface area contributed by atoms with Gasteiger partial charge in [0, 0.05) is 0 Å². The smallest absolute Gasteiger partial charge is 0.309 e. The minimum atomic E-state index is -4.29. The van der Waals surface area contributed by atoms with Gasteiger partial charge in [-0.15, -0.1) is 0 Å². The summed E-state index contributed by atoms with van der Waals surface area (Å²) in [6, 6.07) is 5.20. The number of aromatic nitrogens is 2. The van der Waals surface area contributed by atoms with Crippen LogP contribution in [0.4, 0.5) is 13.2 Å². The second kappa shape index (κ2) is 6.32. The first kappa shape index (κ1) is 14.9. The van der Waals surface area contributed by atoms with Crippen molar-refractivity contribution in [2.24, 2.45) is 0 Å². The first-order valence-electron chi connectivity index (χ1n) is 6.17. The molecular formula is C13H14F3N3S. The molecule has 0 radical (unpaired) electrons. The lowest BCUT2D eigenvalue weighted by atomic mass is 10.0. The maximum absolute atomic E-state index is 12.5. The van der Waals surface area contributed by atoms with Gasteiger partial charge >= 0.3 is 6.18 Å². The molecule has 0 saturated heterocycles. The molecule has 0 amide bonds. The van der Waals surface area contributed by atoms with Crippen molar-refractivity contribution < 1.29 is 13.2 Å². The summed E-state index contributed by atoms with van der Waals surface area (Å²) in [6.07, 6.45) is -2.03. The van der Waals surface area contributed by atoms with Crippen LogP contribution in [0.15, 0.2) is 30.5 Å². The number of alkyl halides is 3. The average Bonchev–Trinajstić information content (AvgIpc) is 2.91. The summed E-state index contributed by atoms with van der Waals surface area (Å²) < 4.78 is 45.6. The molecule has 0 bridgehead atoms. The Kier molecular flexibility index (Phi) is 4.72. The molecule has 0 saturated carbocycles. The maximum Gasteiger partial charge on any atom is 0.416 e. The molecule has 0 aliphatic carbocycles. The molecule has 0 aliphatic heterocycles. The molecular weight excluding hydrogens is 287 g/mol. The standard InChI is InChI=1S/C13H14F3N3S/c1-2-17-11(12-8-18-20-19-12)7-9-3-5-10(6-4-9)13(14,15)16/h3-6,8,11,17H,2,7H2,1H3. The van der Waals surface area contributed by atoms with E-state index < -0.39 is 11.7 Å². The van der Waals surface area contributed by atoms with Crippen LogP contribution in [0.3, 0.4) is 0 Å². The van der Waals surface area contributed by atoms with Gasteiger partial charge in [-0.05, 0) is 30.7 Å². The van der Waals surface area contributed by atoms with Gasteiger partial charge in [0.25, 0.3) is 0 Å². The topological polar surface area (TPSA) is 37.8 Å². The zero-order valence-corrected chi connectivity index (χ0v) is 11.6. The predicted octanol–water partition coefficient (Wildman–Crippen LogP) is 3.45. The van der Waals surface area contributed by atoms with E-state index >= 15 is 0 Å². The van der Waals surface area contributed by atoms with Gasteiger partial charge in [-0.3, -0.25) is 0 Å². The predicted molar refractivity (Wildman–Crippen MR) is 71.5 cm³/mol. The summed E-state index contributed by atoms with van der Waals surface area (Å²) in [4.78, 5) is 0. The SMILES string of the molecule is CCNC(Cc1ccc(C(F)(F)F)cc1)c1cnsn1. The number of likely N-dealkylation sites (N-methyl/N-ethyl adjacent to an activating group) is 1. The van der Waals surface area contributed by atoms with E-state index in [0.29, 0.717) is 6.42 Å². The molecule has 0 fully saturated rings. The highest BCUT2D eigenvalue weighted by Crippen LogP contribution is 2.29. The second-order valence-electron chi connectivity index (χ2n) is 4.34. The van der Waals surface area contributed by atoms with Gasteiger partial charge in [0.15, 0.2) is 0 Å². The number of nitrogens with one attached hydrogen (secondary N) is 1. The van der Waals surface area contributed by atoms with Gasteiger partial charge in [0.05, 0.1) is 35.2 Å². The zero-order chi connectivity index (χ0) is 14.6. The molecule has 2 aromatic rings. The lowest BCUT2D eigenvalue weighted by Crippen LogP contribution is -2.23. The number of rotatable bonds is 5. The molecule has 1 aromatic carbocycles. The summed E-state index contributed by atoms with van der Waals surface area (Å²) in [5.74, 6) is 0. The number of hydrogen-bond donors (Lipinski definition) is 1. The summed E-state index contributed by atoms with van der Waals surface area (Å²) in [5, 5.41) is 3.26. The Morgan fingerprint density at radius 2 is 1.95 bits per heavy atom. The van der Waals surface area contributed by atoms with Crippen LogP contribution in [0, 0.1) is 0 Å². The molecule has 108 valence electrons. The molecule has 3 nitrogen and oxygen atoms in total. The van der Waals surface area contributed by atoms with Gasteiger partial charge in [0.1, 0.15) is 0 Å². The normalized spacial score (nSPS) is 13.4. The van der Waals surface area contributed by atoms with Crippen molar-refractivity contribution in [2.45, 2.75) is 25.6 Å². The van der Waals surface area contributed by atoms with Crippen molar-refractivity contribution in [3.8, 4) is 0 Å². The van der Waals surface area contributed by atoms with Gasteiger partial charge in [-0.2, -0.15) is 21.9 Å². The van der Waals surface area contributed by atoms with Gasteiger partial charge in [-0.25, -0.2) is 0 Å². The molecule has 1 N–H and O–H groups in total. The fraction of sp³-hybridized carbons (Fsp3) is 0.385. The lowest BCUT2D eigenvalue weighted by molar-refractivity contribution is -0.137. The van der Waals surface area contributed by atoms with Crippen LogP contribution in [-0.4, -0.2) is 15.3 Å². The minimum absolute atomic E-state index is 0.0320. The first-order chi connectivity index (χ1) is 9.50. The van der Waals surface area contributed by atoms with Crippen molar-refractivity contribution in [3.05, 3.63) is 47.3 Å². The van der Waals surface area contributed by atoms with E-state index in [-0.39, 0.29) is 6.04 Å². The number of hydrogen-bond acceptors (Lipinski definition) is 4. The molecule has 1 atom stereocenters. The van der Waals surface area contributed by atoms with Crippen LogP contribution in [0.1, 0.15) is 29.8 Å². The Labute approximate surface area is 119 Å². The summed E-state index contributed by atoms with van der Waals surface area (Å²) >= 11 is 1.12. The Bertz CT molecular complexity index is 523. The van der Waals surface area contributed by atoms with E-state index in [2.05, 4.69) is 14.1 Å². The van der Waals surface area contributed by atoms with Crippen molar-refractivity contribution in [1.29, 1.82) is 0 Å². The second-order valence-corrected chi connectivity index (χ2v) is 4.90. The van der Waals surface area contributed by atoms with Crippen molar-refractivity contribution >= 4 is 11.7 Å². The fourth-order valence-corrected chi connectivity index (χ4v) is 2.39. The van der Waals surface area contributed by atoms with Crippen LogP contribution < -0.4 is 5.32 Å². The number of benzene rings is 1. The molecule has 1 unspecified atom stereocenters. The van der Waals surface area contributed by atoms with Gasteiger partial charge < -0.3 is 5.32 Å². The van der Waals surface area contributed by atoms with Gasteiger partial charge in [0.2, 0.25) is 0 Å². The largest absolute Gasteiger partial charge is 0.416 e. The van der Waals surface area contributed by atoms with E-state index in [4.69, 9.17) is 0 Å². The van der Waals surface area contributed by atoms with E-state index in [1.54, 1.807) is 6.20 Å². The van der Waals surface area contributed by atoms with Crippen LogP contribution in [0.2, 0.25) is 0 Å². The summed E-state index contributed by atoms with van der Waals surface area (Å²) in [6.45, 7) is 2.72. The Morgan fingerprint density at radius 3 is 2.45 bits per heavy atom. The molecule has 20 heavy (non-hydrogen) atoms. The third-order valence-electron chi connectivity index (χ3n) is 2.91. The van der Waals surface area contributed by atoms with Crippen LogP contribution in [-0.2, 0) is 12.6 Å². The highest BCUT2D eigenvalue weighted by molar-refractivity contribution is 6.99. The Balaban J connectivity index is 2.11. The Morgan fingerprint density at radius 1 is 1.25 bits per heavy atom. The minimum Gasteiger partial charge on any atom is -0.309 e. The third-order valence-corrected chi connectivity index (χ3v) is 3.40. The number of nitrogens with zero attached hydrogens (tertiary/aromatic N) is 2. The molecule has 1 aromatic heterocycles. The van der Waals surface area contributed by atoms with Crippen molar-refractivity contribution in [2.75, 3.05) is 6.54 Å². The van der Waals surface area contributed by atoms with E-state index in [9.17, 15) is 13.2 Å². The highest BCUT2D eigenvalue weighted by Gasteiger charge is 2.30. The lowest BCUT2D eigenvalue weighted by Gasteiger charge is -2.15. The van der Waals surface area contributed by atoms with E-state index in [0.717, 1.165) is 41.7 Å². The molecule has 0 aliphatic rings. The summed E-state index contributed by atoms with van der Waals surface area (Å²) in [7, 11) is 0. The molecule has 1 heterocycles. The number of halogens is 3.